The van der Waals surface area contributed by atoms with Gasteiger partial charge in [0.05, 0.1) is 0 Å². The molecule has 0 aliphatic heterocycles. The minimum Gasteiger partial charge on any atom is -0.261 e. The van der Waals surface area contributed by atoms with E-state index >= 15 is 0 Å². The van der Waals surface area contributed by atoms with E-state index in [0.717, 1.165) is 6.07 Å². The van der Waals surface area contributed by atoms with Gasteiger partial charge in [-0.3, -0.25) is 4.18 Å². The second kappa shape index (κ2) is 4.43. The van der Waals surface area contributed by atoms with Gasteiger partial charge in [-0.2, -0.15) is 0 Å². The van der Waals surface area contributed by atoms with Crippen molar-refractivity contribution >= 4 is 11.0 Å². The monoisotopic (exact) mass is 225 g/mol. The Morgan fingerprint density at radius 1 is 1.14 bits per heavy atom. The minimum absolute atomic E-state index is 0.476. The van der Waals surface area contributed by atoms with Crippen LogP contribution in [0.4, 0.5) is 13.2 Å². The Morgan fingerprint density at radius 2 is 1.79 bits per heavy atom. The fourth-order valence-electron chi connectivity index (χ4n) is 0.732. The zero-order valence-corrected chi connectivity index (χ0v) is 7.43. The molecule has 0 bridgehead atoms. The molecular weight excluding hydrogens is 221 g/mol. The van der Waals surface area contributed by atoms with Crippen LogP contribution in [0.5, 0.6) is 0 Å². The molecule has 1 aromatic carbocycles. The Balaban J connectivity index is 2.94. The van der Waals surface area contributed by atoms with Gasteiger partial charge in [-0.05, 0) is 6.07 Å². The number of hydrogen-bond donors (Lipinski definition) is 1. The Labute approximate surface area is 79.3 Å². The maximum absolute atomic E-state index is 12.8. The van der Waals surface area contributed by atoms with E-state index in [2.05, 4.69) is 4.18 Å². The Bertz CT molecular complexity index is 409. The Kier molecular flexibility index (Phi) is 3.48. The van der Waals surface area contributed by atoms with Crippen LogP contribution in [0.2, 0.25) is 0 Å². The summed E-state index contributed by atoms with van der Waals surface area (Å²) in [5.74, 6) is -4.53. The normalized spacial score (nSPS) is 10.9. The molecule has 0 amide bonds. The maximum atomic E-state index is 12.8. The number of hydrogen-bond acceptors (Lipinski definition) is 3. The van der Waals surface area contributed by atoms with Gasteiger partial charge < -0.3 is 0 Å². The number of benzene rings is 1. The van der Waals surface area contributed by atoms with Gasteiger partial charge >= 0.3 is 0 Å². The molecule has 0 saturated heterocycles. The highest BCUT2D eigenvalue weighted by atomic mass is 32.2. The predicted molar refractivity (Wildman–Crippen MR) is 41.1 cm³/mol. The quantitative estimate of drug-likeness (QED) is 0.620. The molecule has 1 rings (SSSR count). The third-order valence-corrected chi connectivity index (χ3v) is 1.61. The molecule has 0 spiro atoms. The topological polar surface area (TPSA) is 43.4 Å². The SMILES string of the molecule is O=[SH](=O)O[CH]c1ccc(F)c(F)c1F. The van der Waals surface area contributed by atoms with Gasteiger partial charge in [0.25, 0.3) is 11.0 Å². The number of thiol groups is 1. The summed E-state index contributed by atoms with van der Waals surface area (Å²) >= 11 is 0. The fourth-order valence-corrected chi connectivity index (χ4v) is 0.931. The lowest BCUT2D eigenvalue weighted by Gasteiger charge is -2.01. The van der Waals surface area contributed by atoms with Gasteiger partial charge in [-0.25, -0.2) is 21.6 Å². The molecule has 0 unspecified atom stereocenters. The van der Waals surface area contributed by atoms with Gasteiger partial charge in [0.1, 0.15) is 6.61 Å². The van der Waals surface area contributed by atoms with Crippen LogP contribution in [0.25, 0.3) is 0 Å². The molecule has 0 aliphatic rings. The molecule has 0 saturated carbocycles. The summed E-state index contributed by atoms with van der Waals surface area (Å²) in [5.41, 5.74) is -0.483. The minimum atomic E-state index is -3.19. The first-order chi connectivity index (χ1) is 6.52. The van der Waals surface area contributed by atoms with E-state index in [0.29, 0.717) is 12.7 Å². The molecule has 0 atom stereocenters. The summed E-state index contributed by atoms with van der Waals surface area (Å²) in [4.78, 5) is 0. The first-order valence-electron chi connectivity index (χ1n) is 3.30. The summed E-state index contributed by atoms with van der Waals surface area (Å²) in [6, 6.07) is 1.51. The molecular formula is C7H4F3O3S. The van der Waals surface area contributed by atoms with Crippen LogP contribution in [0.15, 0.2) is 12.1 Å². The van der Waals surface area contributed by atoms with Crippen molar-refractivity contribution in [1.82, 2.24) is 0 Å². The van der Waals surface area contributed by atoms with Gasteiger partial charge in [0, 0.05) is 5.56 Å². The standard InChI is InChI=1S/C7H4F3O3S/c8-5-2-1-4(3-13-14(11)12)6(9)7(5)10/h1-3,14H. The third kappa shape index (κ3) is 2.46. The van der Waals surface area contributed by atoms with E-state index in [1.165, 1.54) is 0 Å². The van der Waals surface area contributed by atoms with Crippen LogP contribution in [-0.4, -0.2) is 8.42 Å². The second-order valence-electron chi connectivity index (χ2n) is 2.21. The van der Waals surface area contributed by atoms with E-state index in [9.17, 15) is 21.6 Å². The molecule has 77 valence electrons. The molecule has 0 N–H and O–H groups in total. The molecule has 14 heavy (non-hydrogen) atoms. The van der Waals surface area contributed by atoms with Crippen molar-refractivity contribution in [3.8, 4) is 0 Å². The first-order valence-corrected chi connectivity index (χ1v) is 4.40. The van der Waals surface area contributed by atoms with E-state index in [1.807, 2.05) is 0 Å². The lowest BCUT2D eigenvalue weighted by Crippen LogP contribution is -1.98. The zero-order chi connectivity index (χ0) is 10.7. The van der Waals surface area contributed by atoms with Crippen molar-refractivity contribution in [1.29, 1.82) is 0 Å². The van der Waals surface area contributed by atoms with E-state index in [-0.39, 0.29) is 0 Å². The van der Waals surface area contributed by atoms with E-state index in [1.54, 1.807) is 0 Å². The average molecular weight is 225 g/mol. The lowest BCUT2D eigenvalue weighted by molar-refractivity contribution is 0.408. The van der Waals surface area contributed by atoms with Crippen LogP contribution in [0.3, 0.4) is 0 Å². The van der Waals surface area contributed by atoms with Gasteiger partial charge in [0.15, 0.2) is 17.5 Å². The van der Waals surface area contributed by atoms with Crippen molar-refractivity contribution in [2.75, 3.05) is 0 Å². The van der Waals surface area contributed by atoms with Crippen molar-refractivity contribution < 1.29 is 25.8 Å². The van der Waals surface area contributed by atoms with Gasteiger partial charge in [-0.1, -0.05) is 6.07 Å². The molecule has 3 nitrogen and oxygen atoms in total. The number of rotatable bonds is 3. The lowest BCUT2D eigenvalue weighted by atomic mass is 10.2. The zero-order valence-electron chi connectivity index (χ0n) is 6.54. The van der Waals surface area contributed by atoms with Crippen molar-refractivity contribution in [2.24, 2.45) is 0 Å². The highest BCUT2D eigenvalue weighted by Gasteiger charge is 2.13. The third-order valence-electron chi connectivity index (χ3n) is 1.33. The van der Waals surface area contributed by atoms with Gasteiger partial charge in [0.2, 0.25) is 0 Å². The largest absolute Gasteiger partial charge is 0.261 e. The van der Waals surface area contributed by atoms with Crippen LogP contribution < -0.4 is 0 Å². The molecule has 0 fully saturated rings. The second-order valence-corrected chi connectivity index (χ2v) is 2.87. The first kappa shape index (κ1) is 11.0. The highest BCUT2D eigenvalue weighted by Crippen LogP contribution is 2.16. The summed E-state index contributed by atoms with van der Waals surface area (Å²) in [6.45, 7) is 0.476. The molecule has 0 aromatic heterocycles. The highest BCUT2D eigenvalue weighted by molar-refractivity contribution is 7.67. The van der Waals surface area contributed by atoms with E-state index in [4.69, 9.17) is 0 Å². The molecule has 0 heterocycles. The Hall–Kier alpha value is -1.08. The van der Waals surface area contributed by atoms with Crippen molar-refractivity contribution in [2.45, 2.75) is 0 Å². The fraction of sp³-hybridized carbons (Fsp3) is 0. The van der Waals surface area contributed by atoms with Crippen molar-refractivity contribution in [3.05, 3.63) is 41.8 Å². The summed E-state index contributed by atoms with van der Waals surface area (Å²) in [7, 11) is -3.19. The maximum Gasteiger partial charge on any atom is 0.257 e. The average Bonchev–Trinajstić information content (AvgIpc) is 2.13. The number of halogens is 3. The smallest absolute Gasteiger partial charge is 0.257 e. The van der Waals surface area contributed by atoms with Crippen molar-refractivity contribution in [3.63, 3.8) is 0 Å². The van der Waals surface area contributed by atoms with Gasteiger partial charge in [-0.15, -0.1) is 0 Å². The summed E-state index contributed by atoms with van der Waals surface area (Å²) in [6.07, 6.45) is 0. The predicted octanol–water partition coefficient (Wildman–Crippen LogP) is 1.16. The van der Waals surface area contributed by atoms with Crippen LogP contribution in [0, 0.1) is 24.1 Å². The summed E-state index contributed by atoms with van der Waals surface area (Å²) in [5, 5.41) is 0. The summed E-state index contributed by atoms with van der Waals surface area (Å²) < 4.78 is 61.5. The molecule has 0 aliphatic carbocycles. The molecule has 1 aromatic rings. The molecule has 7 heteroatoms. The Morgan fingerprint density at radius 3 is 2.36 bits per heavy atom. The van der Waals surface area contributed by atoms with Crippen LogP contribution in [-0.2, 0) is 15.2 Å². The van der Waals surface area contributed by atoms with Crippen LogP contribution >= 0.6 is 0 Å². The molecule has 1 radical (unpaired) electrons. The van der Waals surface area contributed by atoms with Crippen LogP contribution in [0.1, 0.15) is 5.56 Å². The van der Waals surface area contributed by atoms with E-state index < -0.39 is 34.0 Å².